The van der Waals surface area contributed by atoms with Gasteiger partial charge in [0.15, 0.2) is 0 Å². The van der Waals surface area contributed by atoms with Gasteiger partial charge in [-0.05, 0) is 49.2 Å². The molecule has 0 unspecified atom stereocenters. The molecule has 0 saturated carbocycles. The highest BCUT2D eigenvalue weighted by atomic mass is 32.2. The molecule has 1 aliphatic heterocycles. The zero-order valence-corrected chi connectivity index (χ0v) is 16.0. The quantitative estimate of drug-likeness (QED) is 0.703. The van der Waals surface area contributed by atoms with E-state index in [0.717, 1.165) is 28.2 Å². The molecule has 0 spiro atoms. The molecule has 1 aliphatic rings. The Morgan fingerprint density at radius 2 is 1.59 bits per heavy atom. The number of hydrogen-bond acceptors (Lipinski definition) is 4. The maximum absolute atomic E-state index is 13.2. The first-order chi connectivity index (χ1) is 13.8. The van der Waals surface area contributed by atoms with Crippen LogP contribution in [0, 0.1) is 5.82 Å². The number of para-hydroxylation sites is 2. The number of amides is 1. The van der Waals surface area contributed by atoms with E-state index in [0.29, 0.717) is 18.4 Å². The van der Waals surface area contributed by atoms with Gasteiger partial charge in [-0.2, -0.15) is 3.97 Å². The first-order valence-electron chi connectivity index (χ1n) is 9.01. The third kappa shape index (κ3) is 3.19. The van der Waals surface area contributed by atoms with Crippen LogP contribution in [0.3, 0.4) is 0 Å². The number of carboxylic acid groups (broad SMARTS) is 1. The summed E-state index contributed by atoms with van der Waals surface area (Å²) in [5.74, 6) is -0.580. The van der Waals surface area contributed by atoms with Crippen LogP contribution in [-0.4, -0.2) is 46.1 Å². The van der Waals surface area contributed by atoms with Gasteiger partial charge < -0.3 is 10.0 Å². The average molecular weight is 419 g/mol. The Kier molecular flexibility index (Phi) is 4.65. The highest BCUT2D eigenvalue weighted by Crippen LogP contribution is 2.27. The maximum atomic E-state index is 13.2. The summed E-state index contributed by atoms with van der Waals surface area (Å²) in [4.78, 5) is 25.5. The van der Waals surface area contributed by atoms with Crippen molar-refractivity contribution in [2.75, 3.05) is 13.1 Å². The van der Waals surface area contributed by atoms with Gasteiger partial charge in [-0.3, -0.25) is 4.57 Å². The van der Waals surface area contributed by atoms with Crippen molar-refractivity contribution in [1.82, 2.24) is 13.4 Å². The predicted octanol–water partition coefficient (Wildman–Crippen LogP) is 2.49. The molecule has 152 valence electrons. The molecule has 2 heterocycles. The number of hydrogen-bond donors (Lipinski definition) is 1. The van der Waals surface area contributed by atoms with E-state index in [9.17, 15) is 22.4 Å². The van der Waals surface area contributed by atoms with Crippen molar-refractivity contribution in [3.63, 3.8) is 0 Å². The minimum Gasteiger partial charge on any atom is -0.465 e. The van der Waals surface area contributed by atoms with E-state index in [2.05, 4.69) is 0 Å². The van der Waals surface area contributed by atoms with Gasteiger partial charge in [-0.1, -0.05) is 12.1 Å². The highest BCUT2D eigenvalue weighted by Gasteiger charge is 2.30. The molecule has 4 rings (SSSR count). The van der Waals surface area contributed by atoms with Gasteiger partial charge in [0.1, 0.15) is 5.82 Å². The number of rotatable bonds is 3. The fraction of sp³-hybridized carbons (Fsp3) is 0.263. The van der Waals surface area contributed by atoms with Gasteiger partial charge in [0.05, 0.1) is 15.9 Å². The normalized spacial score (nSPS) is 15.7. The number of imidazole rings is 1. The number of likely N-dealkylation sites (tertiary alicyclic amines) is 1. The summed E-state index contributed by atoms with van der Waals surface area (Å²) in [5.41, 5.74) is -0.0382. The van der Waals surface area contributed by atoms with Crippen LogP contribution < -0.4 is 5.69 Å². The summed E-state index contributed by atoms with van der Waals surface area (Å²) in [5, 5.41) is 9.13. The third-order valence-electron chi connectivity index (χ3n) is 5.19. The van der Waals surface area contributed by atoms with Crippen LogP contribution in [0.5, 0.6) is 0 Å². The Balaban J connectivity index is 1.85. The van der Waals surface area contributed by atoms with E-state index >= 15 is 0 Å². The topological polar surface area (TPSA) is 102 Å². The smallest absolute Gasteiger partial charge is 0.407 e. The number of piperidine rings is 1. The van der Waals surface area contributed by atoms with Gasteiger partial charge in [0, 0.05) is 19.1 Å². The van der Waals surface area contributed by atoms with Crippen molar-refractivity contribution >= 4 is 27.1 Å². The zero-order valence-electron chi connectivity index (χ0n) is 15.2. The molecule has 1 N–H and O–H groups in total. The van der Waals surface area contributed by atoms with Gasteiger partial charge in [0.25, 0.3) is 10.0 Å². The Bertz CT molecular complexity index is 1240. The van der Waals surface area contributed by atoms with Gasteiger partial charge in [-0.15, -0.1) is 0 Å². The molecule has 1 fully saturated rings. The summed E-state index contributed by atoms with van der Waals surface area (Å²) >= 11 is 0. The maximum Gasteiger partial charge on any atom is 0.407 e. The molecule has 29 heavy (non-hydrogen) atoms. The minimum absolute atomic E-state index is 0.190. The summed E-state index contributed by atoms with van der Waals surface area (Å²) in [7, 11) is -4.24. The van der Waals surface area contributed by atoms with E-state index < -0.39 is 27.6 Å². The second kappa shape index (κ2) is 7.03. The molecule has 3 aromatic rings. The van der Waals surface area contributed by atoms with E-state index in [1.165, 1.54) is 9.47 Å². The van der Waals surface area contributed by atoms with Crippen LogP contribution in [0.4, 0.5) is 9.18 Å². The molecular weight excluding hydrogens is 401 g/mol. The van der Waals surface area contributed by atoms with E-state index in [1.54, 1.807) is 24.3 Å². The minimum atomic E-state index is -4.24. The molecule has 0 bridgehead atoms. The van der Waals surface area contributed by atoms with Crippen molar-refractivity contribution in [2.45, 2.75) is 23.8 Å². The van der Waals surface area contributed by atoms with E-state index in [4.69, 9.17) is 5.11 Å². The zero-order chi connectivity index (χ0) is 20.8. The lowest BCUT2D eigenvalue weighted by Crippen LogP contribution is -2.40. The molecule has 1 saturated heterocycles. The van der Waals surface area contributed by atoms with E-state index in [1.807, 2.05) is 0 Å². The van der Waals surface area contributed by atoms with Crippen molar-refractivity contribution < 1.29 is 22.7 Å². The summed E-state index contributed by atoms with van der Waals surface area (Å²) in [6, 6.07) is 10.5. The first-order valence-corrected chi connectivity index (χ1v) is 10.5. The molecule has 0 atom stereocenters. The van der Waals surface area contributed by atoms with Crippen LogP contribution in [0.2, 0.25) is 0 Å². The van der Waals surface area contributed by atoms with Crippen LogP contribution in [0.1, 0.15) is 18.9 Å². The molecule has 0 aliphatic carbocycles. The Morgan fingerprint density at radius 3 is 2.17 bits per heavy atom. The summed E-state index contributed by atoms with van der Waals surface area (Å²) in [6.07, 6.45) is -0.217. The molecule has 2 aromatic carbocycles. The monoisotopic (exact) mass is 419 g/mol. The highest BCUT2D eigenvalue weighted by molar-refractivity contribution is 7.90. The first kappa shape index (κ1) is 19.2. The summed E-state index contributed by atoms with van der Waals surface area (Å²) < 4.78 is 41.7. The van der Waals surface area contributed by atoms with Crippen molar-refractivity contribution in [3.05, 3.63) is 64.8 Å². The van der Waals surface area contributed by atoms with E-state index in [-0.39, 0.29) is 29.5 Å². The molecule has 8 nitrogen and oxygen atoms in total. The second-order valence-corrected chi connectivity index (χ2v) is 8.65. The van der Waals surface area contributed by atoms with Crippen LogP contribution in [0.25, 0.3) is 11.0 Å². The fourth-order valence-corrected chi connectivity index (χ4v) is 5.15. The lowest BCUT2D eigenvalue weighted by Gasteiger charge is -2.30. The fourth-order valence-electron chi connectivity index (χ4n) is 3.76. The van der Waals surface area contributed by atoms with Crippen LogP contribution >= 0.6 is 0 Å². The number of aromatic nitrogens is 2. The molecule has 10 heteroatoms. The Morgan fingerprint density at radius 1 is 1.00 bits per heavy atom. The molecule has 1 amide bonds. The number of carbonyl (C=O) groups is 1. The van der Waals surface area contributed by atoms with Crippen LogP contribution in [0.15, 0.2) is 58.2 Å². The lowest BCUT2D eigenvalue weighted by atomic mass is 10.1. The van der Waals surface area contributed by atoms with Gasteiger partial charge in [-0.25, -0.2) is 22.4 Å². The lowest BCUT2D eigenvalue weighted by molar-refractivity contribution is 0.125. The number of fused-ring (bicyclic) bond motifs is 1. The number of nitrogens with zero attached hydrogens (tertiary/aromatic N) is 3. The number of halogens is 1. The Labute approximate surface area is 165 Å². The van der Waals surface area contributed by atoms with Crippen molar-refractivity contribution in [3.8, 4) is 0 Å². The molecule has 1 aromatic heterocycles. The third-order valence-corrected chi connectivity index (χ3v) is 6.89. The molecular formula is C19H18FN3O5S. The largest absolute Gasteiger partial charge is 0.465 e. The number of benzene rings is 2. The standard InChI is InChI=1S/C19H18FN3O5S/c20-13-5-7-15(8-6-13)29(27,28)23-17-4-2-1-3-16(17)22(18(23)24)14-9-11-21(12-10-14)19(25)26/h1-8,14H,9-12H2,(H,25,26). The Hall–Kier alpha value is -3.14. The summed E-state index contributed by atoms with van der Waals surface area (Å²) in [6.45, 7) is 0.521. The van der Waals surface area contributed by atoms with Crippen molar-refractivity contribution in [1.29, 1.82) is 0 Å². The predicted molar refractivity (Wildman–Crippen MR) is 103 cm³/mol. The van der Waals surface area contributed by atoms with Gasteiger partial charge in [0.2, 0.25) is 0 Å². The van der Waals surface area contributed by atoms with Crippen molar-refractivity contribution in [2.24, 2.45) is 0 Å². The average Bonchev–Trinajstić information content (AvgIpc) is 3.00. The molecule has 0 radical (unpaired) electrons. The SMILES string of the molecule is O=C(O)N1CCC(n2c(=O)n(S(=O)(=O)c3ccc(F)cc3)c3ccccc32)CC1. The second-order valence-electron chi connectivity index (χ2n) is 6.87. The van der Waals surface area contributed by atoms with Gasteiger partial charge >= 0.3 is 11.8 Å². The van der Waals surface area contributed by atoms with Crippen LogP contribution in [-0.2, 0) is 10.0 Å².